The third-order valence-corrected chi connectivity index (χ3v) is 0. The van der Waals surface area contributed by atoms with E-state index in [1.807, 2.05) is 0 Å². The summed E-state index contributed by atoms with van der Waals surface area (Å²) in [7, 11) is 0. The van der Waals surface area contributed by atoms with Crippen molar-refractivity contribution in [1.82, 2.24) is 0 Å². The summed E-state index contributed by atoms with van der Waals surface area (Å²) in [6.45, 7) is 0. The van der Waals surface area contributed by atoms with Crippen molar-refractivity contribution in [1.29, 1.82) is 0 Å². The molecule has 0 aromatic heterocycles. The number of hydrogen-bond acceptors (Lipinski definition) is 1. The summed E-state index contributed by atoms with van der Waals surface area (Å²) in [6, 6.07) is 0. The second-order valence-electron chi connectivity index (χ2n) is 0.283. The molecule has 0 amide bonds. The fourth-order valence-corrected chi connectivity index (χ4v) is 0. The van der Waals surface area contributed by atoms with Crippen LogP contribution in [-0.2, 0) is 0 Å². The number of carbonyl (C=O) groups is 1. The molecule has 0 spiro atoms. The van der Waals surface area contributed by atoms with Gasteiger partial charge in [0.05, 0.1) is 0 Å². The normalized spacial score (nSPS) is 3.00. The van der Waals surface area contributed by atoms with Gasteiger partial charge >= 0.3 is 73.5 Å². The van der Waals surface area contributed by atoms with E-state index in [2.05, 4.69) is 0 Å². The molecule has 0 aliphatic rings. The molecule has 0 rings (SSSR count). The summed E-state index contributed by atoms with van der Waals surface area (Å²) >= 11 is 0. The van der Waals surface area contributed by atoms with Crippen molar-refractivity contribution < 1.29 is 70.8 Å². The molecule has 0 aromatic carbocycles. The molecule has 0 aliphatic heterocycles. The maximum Gasteiger partial charge on any atom is 2.00 e. The maximum atomic E-state index is 8.56. The summed E-state index contributed by atoms with van der Waals surface area (Å²) in [5, 5.41) is 13.9. The molecular weight excluding hydrogens is 194 g/mol. The van der Waals surface area contributed by atoms with Crippen molar-refractivity contribution in [3.8, 4) is 0 Å². The van der Waals surface area contributed by atoms with Crippen LogP contribution in [0.25, 0.3) is 0 Å². The van der Waals surface area contributed by atoms with E-state index in [0.717, 1.165) is 0 Å². The van der Waals surface area contributed by atoms with Crippen molar-refractivity contribution in [3.05, 3.63) is 0 Å². The van der Waals surface area contributed by atoms with E-state index in [9.17, 15) is 0 Å². The van der Waals surface area contributed by atoms with Crippen LogP contribution in [0.3, 0.4) is 0 Å². The Balaban J connectivity index is -0.00000000450. The van der Waals surface area contributed by atoms with Gasteiger partial charge in [0.15, 0.2) is 0 Å². The Morgan fingerprint density at radius 1 is 1.25 bits per heavy atom. The zero-order valence-electron chi connectivity index (χ0n) is 5.27. The van der Waals surface area contributed by atoms with Gasteiger partial charge in [-0.1, -0.05) is 0 Å². The van der Waals surface area contributed by atoms with Gasteiger partial charge in [-0.3, -0.25) is 0 Å². The van der Waals surface area contributed by atoms with Crippen LogP contribution >= 0.6 is 0 Å². The Hall–Kier alpha value is 2.11. The zero-order valence-corrected chi connectivity index (χ0v) is 9.99. The van der Waals surface area contributed by atoms with Crippen LogP contribution in [0, 0.1) is 0 Å². The van der Waals surface area contributed by atoms with Gasteiger partial charge in [-0.2, -0.15) is 0 Å². The van der Waals surface area contributed by atoms with Gasteiger partial charge in [0.1, 0.15) is 0 Å². The Morgan fingerprint density at radius 2 is 1.25 bits per heavy atom. The zero-order chi connectivity index (χ0) is 3.58. The minimum Gasteiger partial charge on any atom is -1.00 e. The van der Waals surface area contributed by atoms with Gasteiger partial charge < -0.3 is 36.5 Å². The van der Waals surface area contributed by atoms with Crippen LogP contribution in [0.5, 0.6) is 0 Å². The molecule has 8 heavy (non-hydrogen) atoms. The topological polar surface area (TPSA) is 57.5 Å². The Kier molecular flexibility index (Phi) is 92.2. The average Bonchev–Trinajstić information content (AvgIpc) is 0.811. The van der Waals surface area contributed by atoms with Crippen molar-refractivity contribution in [2.75, 3.05) is 0 Å². The molecule has 3 nitrogen and oxygen atoms in total. The monoisotopic (exact) mass is 196 g/mol. The largest absolute Gasteiger partial charge is 2.00 e. The number of halogens is 2. The molecule has 0 atom stereocenters. The van der Waals surface area contributed by atoms with Gasteiger partial charge in [0.2, 0.25) is 0 Å². The molecule has 7 heteroatoms. The quantitative estimate of drug-likeness (QED) is 0.379. The fourth-order valence-electron chi connectivity index (χ4n) is 0. The Bertz CT molecular complexity index is 44.8. The van der Waals surface area contributed by atoms with Crippen LogP contribution in [-0.4, -0.2) is 54.1 Å². The molecule has 0 heterocycles. The molecule has 0 unspecified atom stereocenters. The van der Waals surface area contributed by atoms with E-state index < -0.39 is 6.16 Å². The Labute approximate surface area is 113 Å². The van der Waals surface area contributed by atoms with Crippen molar-refractivity contribution in [2.24, 2.45) is 0 Å². The molecule has 0 aliphatic carbocycles. The van der Waals surface area contributed by atoms with Gasteiger partial charge in [0, 0.05) is 0 Å². The molecule has 0 saturated heterocycles. The minimum atomic E-state index is -1.83. The molecule has 2 N–H and O–H groups in total. The molecule has 0 bridgehead atoms. The van der Waals surface area contributed by atoms with E-state index >= 15 is 0 Å². The minimum absolute atomic E-state index is 0. The van der Waals surface area contributed by atoms with Gasteiger partial charge in [-0.15, -0.1) is 0 Å². The van der Waals surface area contributed by atoms with Crippen LogP contribution in [0.2, 0.25) is 0 Å². The molecule has 0 saturated carbocycles. The van der Waals surface area contributed by atoms with Gasteiger partial charge in [0.25, 0.3) is 0 Å². The molecule has 0 aromatic rings. The van der Waals surface area contributed by atoms with Crippen LogP contribution in [0.4, 0.5) is 4.79 Å². The van der Waals surface area contributed by atoms with E-state index in [-0.39, 0.29) is 93.5 Å². The van der Waals surface area contributed by atoms with Crippen molar-refractivity contribution in [3.63, 3.8) is 0 Å². The molecular formula is CH3CaCl2NaO3. The van der Waals surface area contributed by atoms with E-state index in [0.29, 0.717) is 0 Å². The average molecular weight is 197 g/mol. The predicted molar refractivity (Wildman–Crippen MR) is 17.5 cm³/mol. The van der Waals surface area contributed by atoms with Gasteiger partial charge in [-0.25, -0.2) is 4.79 Å². The maximum absolute atomic E-state index is 8.56. The first-order valence-electron chi connectivity index (χ1n) is 0.651. The smallest absolute Gasteiger partial charge is 1.00 e. The first-order chi connectivity index (χ1) is 1.73. The fraction of sp³-hybridized carbons (Fsp3) is 0. The van der Waals surface area contributed by atoms with Crippen LogP contribution in [0.15, 0.2) is 0 Å². The van der Waals surface area contributed by atoms with Crippen molar-refractivity contribution >= 4 is 43.9 Å². The van der Waals surface area contributed by atoms with E-state index in [4.69, 9.17) is 15.0 Å². The molecule has 42 valence electrons. The summed E-state index contributed by atoms with van der Waals surface area (Å²) in [4.78, 5) is 8.56. The first-order valence-corrected chi connectivity index (χ1v) is 0.651. The first kappa shape index (κ1) is 32.1. The summed E-state index contributed by atoms with van der Waals surface area (Å²) in [6.07, 6.45) is -1.83. The number of rotatable bonds is 0. The van der Waals surface area contributed by atoms with E-state index in [1.165, 1.54) is 0 Å². The van der Waals surface area contributed by atoms with E-state index in [1.54, 1.807) is 0 Å². The molecule has 0 fully saturated rings. The number of hydrogen-bond donors (Lipinski definition) is 2. The number of carboxylic acid groups (broad SMARTS) is 2. The summed E-state index contributed by atoms with van der Waals surface area (Å²) < 4.78 is 0. The van der Waals surface area contributed by atoms with Gasteiger partial charge in [-0.05, 0) is 0 Å². The second-order valence-corrected chi connectivity index (χ2v) is 0.283. The van der Waals surface area contributed by atoms with Crippen LogP contribution in [0.1, 0.15) is 1.43 Å². The van der Waals surface area contributed by atoms with Crippen LogP contribution < -0.4 is 54.4 Å². The summed E-state index contributed by atoms with van der Waals surface area (Å²) in [5.41, 5.74) is 0. The second kappa shape index (κ2) is 22.9. The standard InChI is InChI=1S/CH2O3.Ca.2ClH.Na.H/c2-1(3)4;;;;;/h(H2,2,3,4);;2*1H;;/q;+2;;;+1;-1/p-2. The SMILES string of the molecule is O=C(O)O.[Ca+2].[Cl-].[Cl-].[H-].[Na+]. The Morgan fingerprint density at radius 3 is 1.25 bits per heavy atom. The van der Waals surface area contributed by atoms with Crippen molar-refractivity contribution in [2.45, 2.75) is 0 Å². The third-order valence-electron chi connectivity index (χ3n) is 0. The predicted octanol–water partition coefficient (Wildman–Crippen LogP) is -9.03. The molecule has 0 radical (unpaired) electrons. The third kappa shape index (κ3) is 92.1. The summed E-state index contributed by atoms with van der Waals surface area (Å²) in [5.74, 6) is 0.